The van der Waals surface area contributed by atoms with Crippen molar-refractivity contribution in [3.8, 4) is 0 Å². The van der Waals surface area contributed by atoms with Gasteiger partial charge in [-0.1, -0.05) is 6.07 Å². The number of rotatable bonds is 3. The first-order chi connectivity index (χ1) is 9.61. The maximum absolute atomic E-state index is 11.9. The van der Waals surface area contributed by atoms with E-state index in [0.29, 0.717) is 22.5 Å². The second-order valence-electron chi connectivity index (χ2n) is 4.22. The molecule has 0 aliphatic rings. The van der Waals surface area contributed by atoms with Crippen LogP contribution in [0.15, 0.2) is 39.8 Å². The van der Waals surface area contributed by atoms with Gasteiger partial charge in [-0.3, -0.25) is 14.5 Å². The number of carbonyl (C=O) groups is 1. The molecule has 0 spiro atoms. The van der Waals surface area contributed by atoms with Crippen molar-refractivity contribution < 1.29 is 9.21 Å². The minimum absolute atomic E-state index is 0.0161. The molecule has 4 N–H and O–H groups in total. The molecule has 1 aromatic carbocycles. The maximum Gasteiger partial charge on any atom is 0.417 e. The molecule has 0 atom stereocenters. The number of nitrogens with zero attached hydrogens (tertiary/aromatic N) is 2. The number of para-hydroxylation sites is 1. The number of nitrogen functional groups attached to an aromatic ring is 1. The minimum Gasteiger partial charge on any atom is -0.406 e. The van der Waals surface area contributed by atoms with Gasteiger partial charge in [0, 0.05) is 6.20 Å². The van der Waals surface area contributed by atoms with Crippen LogP contribution in [0.5, 0.6) is 0 Å². The molecule has 0 unspecified atom stereocenters. The predicted octanol–water partition coefficient (Wildman–Crippen LogP) is 0.538. The van der Waals surface area contributed by atoms with Crippen molar-refractivity contribution in [2.75, 3.05) is 11.1 Å². The first-order valence-electron chi connectivity index (χ1n) is 5.81. The van der Waals surface area contributed by atoms with E-state index in [2.05, 4.69) is 15.4 Å². The summed E-state index contributed by atoms with van der Waals surface area (Å²) in [6.45, 7) is 0.0161. The van der Waals surface area contributed by atoms with Crippen LogP contribution in [0.3, 0.4) is 0 Å². The van der Waals surface area contributed by atoms with Gasteiger partial charge in [-0.05, 0) is 12.1 Å². The van der Waals surface area contributed by atoms with Crippen molar-refractivity contribution in [1.82, 2.24) is 14.8 Å². The van der Waals surface area contributed by atoms with Gasteiger partial charge in [0.25, 0.3) is 0 Å². The van der Waals surface area contributed by atoms with Gasteiger partial charge in [0.05, 0.1) is 23.1 Å². The summed E-state index contributed by atoms with van der Waals surface area (Å²) < 4.78 is 6.40. The number of hydrogen-bond donors (Lipinski definition) is 3. The van der Waals surface area contributed by atoms with Crippen LogP contribution in [0, 0.1) is 0 Å². The third kappa shape index (κ3) is 2.26. The lowest BCUT2D eigenvalue weighted by Crippen LogP contribution is -2.19. The molecule has 3 aromatic rings. The molecule has 2 aromatic heterocycles. The van der Waals surface area contributed by atoms with Crippen LogP contribution in [0.4, 0.5) is 11.4 Å². The van der Waals surface area contributed by atoms with Crippen LogP contribution in [-0.4, -0.2) is 20.7 Å². The van der Waals surface area contributed by atoms with E-state index in [1.54, 1.807) is 24.4 Å². The van der Waals surface area contributed by atoms with Gasteiger partial charge < -0.3 is 15.5 Å². The van der Waals surface area contributed by atoms with Crippen LogP contribution in [0.25, 0.3) is 11.1 Å². The van der Waals surface area contributed by atoms with Gasteiger partial charge in [-0.25, -0.2) is 4.79 Å². The number of oxazole rings is 1. The SMILES string of the molecule is Nc1cnn(CC(=O)Nc2cccc3[nH]c(=O)oc23)c1. The van der Waals surface area contributed by atoms with E-state index in [-0.39, 0.29) is 12.5 Å². The predicted molar refractivity (Wildman–Crippen MR) is 72.1 cm³/mol. The number of aromatic amines is 1. The summed E-state index contributed by atoms with van der Waals surface area (Å²) in [5.41, 5.74) is 7.26. The summed E-state index contributed by atoms with van der Waals surface area (Å²) in [7, 11) is 0. The molecule has 20 heavy (non-hydrogen) atoms. The molecule has 2 heterocycles. The van der Waals surface area contributed by atoms with Crippen LogP contribution >= 0.6 is 0 Å². The third-order valence-corrected chi connectivity index (χ3v) is 2.68. The molecular formula is C12H11N5O3. The number of anilines is 2. The lowest BCUT2D eigenvalue weighted by atomic mass is 10.3. The number of carbonyl (C=O) groups excluding carboxylic acids is 1. The molecule has 0 bridgehead atoms. The molecule has 0 saturated heterocycles. The molecule has 8 heteroatoms. The topological polar surface area (TPSA) is 119 Å². The largest absolute Gasteiger partial charge is 0.417 e. The lowest BCUT2D eigenvalue weighted by molar-refractivity contribution is -0.116. The Morgan fingerprint density at radius 2 is 2.35 bits per heavy atom. The number of H-pyrrole nitrogens is 1. The second-order valence-corrected chi connectivity index (χ2v) is 4.22. The number of hydrogen-bond acceptors (Lipinski definition) is 5. The molecule has 0 aliphatic carbocycles. The van der Waals surface area contributed by atoms with E-state index in [4.69, 9.17) is 10.2 Å². The summed E-state index contributed by atoms with van der Waals surface area (Å²) in [5.74, 6) is -0.869. The van der Waals surface area contributed by atoms with E-state index in [0.717, 1.165) is 0 Å². The van der Waals surface area contributed by atoms with Gasteiger partial charge in [-0.2, -0.15) is 5.10 Å². The van der Waals surface area contributed by atoms with Crippen LogP contribution in [-0.2, 0) is 11.3 Å². The number of nitrogens with one attached hydrogen (secondary N) is 2. The Hall–Kier alpha value is -3.03. The highest BCUT2D eigenvalue weighted by Gasteiger charge is 2.10. The molecule has 0 aliphatic heterocycles. The monoisotopic (exact) mass is 273 g/mol. The highest BCUT2D eigenvalue weighted by molar-refractivity contribution is 5.98. The minimum atomic E-state index is -0.568. The standard InChI is InChI=1S/C12H11N5O3/c13-7-4-14-17(5-7)6-10(18)15-8-2-1-3-9-11(8)20-12(19)16-9/h1-5H,6,13H2,(H,15,18)(H,16,19). The van der Waals surface area contributed by atoms with Crippen molar-refractivity contribution in [3.05, 3.63) is 41.1 Å². The van der Waals surface area contributed by atoms with Crippen molar-refractivity contribution in [2.45, 2.75) is 6.54 Å². The summed E-state index contributed by atoms with van der Waals surface area (Å²) in [6, 6.07) is 5.04. The highest BCUT2D eigenvalue weighted by atomic mass is 16.4. The quantitative estimate of drug-likeness (QED) is 0.643. The van der Waals surface area contributed by atoms with Crippen LogP contribution < -0.4 is 16.8 Å². The Balaban J connectivity index is 1.82. The Kier molecular flexibility index (Phi) is 2.75. The van der Waals surface area contributed by atoms with Crippen LogP contribution in [0.1, 0.15) is 0 Å². The Bertz CT molecular complexity index is 829. The molecule has 1 amide bonds. The van der Waals surface area contributed by atoms with E-state index in [1.165, 1.54) is 10.9 Å². The van der Waals surface area contributed by atoms with Gasteiger partial charge in [0.2, 0.25) is 5.91 Å². The first kappa shape index (κ1) is 12.0. The summed E-state index contributed by atoms with van der Waals surface area (Å²) in [4.78, 5) is 25.6. The lowest BCUT2D eigenvalue weighted by Gasteiger charge is -2.05. The fourth-order valence-electron chi connectivity index (χ4n) is 1.87. The third-order valence-electron chi connectivity index (χ3n) is 2.68. The molecular weight excluding hydrogens is 262 g/mol. The number of nitrogens with two attached hydrogens (primary N) is 1. The van der Waals surface area contributed by atoms with Crippen molar-refractivity contribution in [1.29, 1.82) is 0 Å². The first-order valence-corrected chi connectivity index (χ1v) is 5.81. The fourth-order valence-corrected chi connectivity index (χ4v) is 1.87. The number of benzene rings is 1. The van der Waals surface area contributed by atoms with Gasteiger partial charge in [0.1, 0.15) is 6.54 Å². The molecule has 0 saturated carbocycles. The molecule has 8 nitrogen and oxygen atoms in total. The zero-order valence-electron chi connectivity index (χ0n) is 10.3. The Labute approximate surface area is 112 Å². The van der Waals surface area contributed by atoms with Crippen molar-refractivity contribution in [3.63, 3.8) is 0 Å². The molecule has 3 rings (SSSR count). The highest BCUT2D eigenvalue weighted by Crippen LogP contribution is 2.20. The number of fused-ring (bicyclic) bond motifs is 1. The summed E-state index contributed by atoms with van der Waals surface area (Å²) in [5, 5.41) is 6.58. The van der Waals surface area contributed by atoms with Crippen LogP contribution in [0.2, 0.25) is 0 Å². The number of amides is 1. The Morgan fingerprint density at radius 3 is 3.10 bits per heavy atom. The van der Waals surface area contributed by atoms with E-state index in [9.17, 15) is 9.59 Å². The zero-order valence-corrected chi connectivity index (χ0v) is 10.3. The zero-order chi connectivity index (χ0) is 14.1. The molecule has 0 radical (unpaired) electrons. The molecule has 0 fully saturated rings. The van der Waals surface area contributed by atoms with E-state index in [1.807, 2.05) is 0 Å². The van der Waals surface area contributed by atoms with Gasteiger partial charge in [0.15, 0.2) is 5.58 Å². The normalized spacial score (nSPS) is 10.8. The maximum atomic E-state index is 11.9. The van der Waals surface area contributed by atoms with Gasteiger partial charge >= 0.3 is 5.76 Å². The second kappa shape index (κ2) is 4.57. The van der Waals surface area contributed by atoms with Crippen molar-refractivity contribution in [2.24, 2.45) is 0 Å². The number of aromatic nitrogens is 3. The molecule has 102 valence electrons. The van der Waals surface area contributed by atoms with Crippen molar-refractivity contribution >= 4 is 28.4 Å². The fraction of sp³-hybridized carbons (Fsp3) is 0.0833. The summed E-state index contributed by atoms with van der Waals surface area (Å²) >= 11 is 0. The average Bonchev–Trinajstić information content (AvgIpc) is 2.95. The van der Waals surface area contributed by atoms with Gasteiger partial charge in [-0.15, -0.1) is 0 Å². The van der Waals surface area contributed by atoms with E-state index < -0.39 is 5.76 Å². The average molecular weight is 273 g/mol. The Morgan fingerprint density at radius 1 is 1.50 bits per heavy atom. The summed E-state index contributed by atoms with van der Waals surface area (Å²) in [6.07, 6.45) is 3.01. The smallest absolute Gasteiger partial charge is 0.406 e. The van der Waals surface area contributed by atoms with E-state index >= 15 is 0 Å².